The molecule has 1 aliphatic carbocycles. The van der Waals surface area contributed by atoms with Gasteiger partial charge in [-0.15, -0.1) is 11.3 Å². The van der Waals surface area contributed by atoms with Crippen molar-refractivity contribution in [3.63, 3.8) is 0 Å². The first kappa shape index (κ1) is 10.5. The third-order valence-corrected chi connectivity index (χ3v) is 4.16. The van der Waals surface area contributed by atoms with Crippen molar-refractivity contribution in [3.8, 4) is 0 Å². The van der Waals surface area contributed by atoms with Crippen LogP contribution in [0.15, 0.2) is 11.4 Å². The molecule has 0 aromatic carbocycles. The zero-order valence-corrected chi connectivity index (χ0v) is 9.80. The fourth-order valence-corrected chi connectivity index (χ4v) is 2.77. The minimum Gasteiger partial charge on any atom is -0.481 e. The van der Waals surface area contributed by atoms with Crippen molar-refractivity contribution in [1.29, 1.82) is 0 Å². The Balaban J connectivity index is 2.08. The van der Waals surface area contributed by atoms with Crippen LogP contribution in [-0.2, 0) is 4.79 Å². The zero-order chi connectivity index (χ0) is 11.1. The Kier molecular flexibility index (Phi) is 2.46. The monoisotopic (exact) mass is 225 g/mol. The molecule has 0 saturated heterocycles. The summed E-state index contributed by atoms with van der Waals surface area (Å²) < 4.78 is 0. The van der Waals surface area contributed by atoms with Gasteiger partial charge in [-0.3, -0.25) is 4.79 Å². The third kappa shape index (κ3) is 1.86. The van der Waals surface area contributed by atoms with Crippen LogP contribution >= 0.6 is 11.3 Å². The minimum absolute atomic E-state index is 0.467. The third-order valence-electron chi connectivity index (χ3n) is 3.03. The Morgan fingerprint density at radius 1 is 1.67 bits per heavy atom. The molecule has 4 heteroatoms. The molecule has 0 radical (unpaired) electrons. The molecule has 1 aromatic heterocycles. The number of hydrogen-bond donors (Lipinski definition) is 1. The van der Waals surface area contributed by atoms with E-state index in [2.05, 4.69) is 17.9 Å². The molecule has 1 aromatic rings. The molecule has 0 bridgehead atoms. The van der Waals surface area contributed by atoms with Crippen LogP contribution in [0.2, 0.25) is 0 Å². The number of anilines is 1. The van der Waals surface area contributed by atoms with Crippen molar-refractivity contribution in [2.45, 2.75) is 19.8 Å². The van der Waals surface area contributed by atoms with E-state index in [1.807, 2.05) is 12.4 Å². The Morgan fingerprint density at radius 2 is 2.33 bits per heavy atom. The molecule has 0 atom stereocenters. The number of thiophene rings is 1. The van der Waals surface area contributed by atoms with Crippen LogP contribution in [0.1, 0.15) is 18.4 Å². The van der Waals surface area contributed by atoms with E-state index in [1.54, 1.807) is 11.3 Å². The largest absolute Gasteiger partial charge is 0.481 e. The average molecular weight is 225 g/mol. The predicted octanol–water partition coefficient (Wildman–Crippen LogP) is 2.36. The molecule has 0 unspecified atom stereocenters. The van der Waals surface area contributed by atoms with Crippen LogP contribution < -0.4 is 4.90 Å². The van der Waals surface area contributed by atoms with Crippen molar-refractivity contribution < 1.29 is 9.90 Å². The standard InChI is InChI=1S/C11H15NO2S/c1-8-3-6-15-9(8)12(2)7-11(4-5-11)10(13)14/h3,6H,4-5,7H2,1-2H3,(H,13,14). The highest BCUT2D eigenvalue weighted by atomic mass is 32.1. The van der Waals surface area contributed by atoms with Gasteiger partial charge in [-0.05, 0) is 36.8 Å². The van der Waals surface area contributed by atoms with Gasteiger partial charge < -0.3 is 10.0 Å². The van der Waals surface area contributed by atoms with Crippen LogP contribution in [0.25, 0.3) is 0 Å². The second kappa shape index (κ2) is 3.52. The molecule has 15 heavy (non-hydrogen) atoms. The van der Waals surface area contributed by atoms with Gasteiger partial charge in [0.15, 0.2) is 0 Å². The number of nitrogens with zero attached hydrogens (tertiary/aromatic N) is 1. The zero-order valence-electron chi connectivity index (χ0n) is 8.99. The lowest BCUT2D eigenvalue weighted by Crippen LogP contribution is -2.31. The van der Waals surface area contributed by atoms with Gasteiger partial charge in [0.1, 0.15) is 0 Å². The average Bonchev–Trinajstić information content (AvgIpc) is 2.82. The molecule has 82 valence electrons. The van der Waals surface area contributed by atoms with Gasteiger partial charge in [-0.2, -0.15) is 0 Å². The van der Waals surface area contributed by atoms with E-state index in [1.165, 1.54) is 10.6 Å². The number of carbonyl (C=O) groups is 1. The Bertz CT molecular complexity index is 382. The molecule has 0 spiro atoms. The second-order valence-corrected chi connectivity index (χ2v) is 5.24. The fraction of sp³-hybridized carbons (Fsp3) is 0.545. The van der Waals surface area contributed by atoms with Crippen molar-refractivity contribution in [1.82, 2.24) is 0 Å². The number of carboxylic acids is 1. The summed E-state index contributed by atoms with van der Waals surface area (Å²) >= 11 is 1.67. The molecule has 1 aliphatic rings. The highest BCUT2D eigenvalue weighted by Crippen LogP contribution is 2.47. The molecule has 0 amide bonds. The van der Waals surface area contributed by atoms with E-state index < -0.39 is 11.4 Å². The van der Waals surface area contributed by atoms with E-state index in [-0.39, 0.29) is 0 Å². The second-order valence-electron chi connectivity index (χ2n) is 4.35. The van der Waals surface area contributed by atoms with Gasteiger partial charge in [0.05, 0.1) is 10.4 Å². The van der Waals surface area contributed by atoms with E-state index in [4.69, 9.17) is 5.11 Å². The van der Waals surface area contributed by atoms with Crippen LogP contribution in [0, 0.1) is 12.3 Å². The molecule has 1 saturated carbocycles. The summed E-state index contributed by atoms with van der Waals surface area (Å²) in [6.07, 6.45) is 1.63. The maximum Gasteiger partial charge on any atom is 0.311 e. The van der Waals surface area contributed by atoms with Crippen LogP contribution in [0.5, 0.6) is 0 Å². The number of rotatable bonds is 4. The Morgan fingerprint density at radius 3 is 2.73 bits per heavy atom. The molecule has 0 aliphatic heterocycles. The van der Waals surface area contributed by atoms with E-state index in [9.17, 15) is 4.79 Å². The molecule has 1 fully saturated rings. The minimum atomic E-state index is -0.649. The summed E-state index contributed by atoms with van der Waals surface area (Å²) in [5.74, 6) is -0.649. The van der Waals surface area contributed by atoms with Gasteiger partial charge in [0, 0.05) is 13.6 Å². The maximum atomic E-state index is 11.1. The summed E-state index contributed by atoms with van der Waals surface area (Å²) in [6, 6.07) is 2.07. The predicted molar refractivity (Wildman–Crippen MR) is 61.6 cm³/mol. The van der Waals surface area contributed by atoms with Crippen molar-refractivity contribution in [2.24, 2.45) is 5.41 Å². The molecule has 3 nitrogen and oxygen atoms in total. The summed E-state index contributed by atoms with van der Waals surface area (Å²) in [6.45, 7) is 2.69. The van der Waals surface area contributed by atoms with Crippen LogP contribution in [0.3, 0.4) is 0 Å². The Hall–Kier alpha value is -1.03. The molecule has 2 rings (SSSR count). The van der Waals surface area contributed by atoms with E-state index >= 15 is 0 Å². The van der Waals surface area contributed by atoms with Gasteiger partial charge in [0.2, 0.25) is 0 Å². The smallest absolute Gasteiger partial charge is 0.311 e. The summed E-state index contributed by atoms with van der Waals surface area (Å²) in [7, 11) is 1.97. The number of aliphatic carboxylic acids is 1. The molecule has 1 N–H and O–H groups in total. The molecule has 1 heterocycles. The topological polar surface area (TPSA) is 40.5 Å². The molecular weight excluding hydrogens is 210 g/mol. The highest BCUT2D eigenvalue weighted by Gasteiger charge is 2.51. The lowest BCUT2D eigenvalue weighted by atomic mass is 10.1. The first-order valence-corrected chi connectivity index (χ1v) is 5.92. The lowest BCUT2D eigenvalue weighted by molar-refractivity contribution is -0.142. The maximum absolute atomic E-state index is 11.1. The van der Waals surface area contributed by atoms with E-state index in [0.29, 0.717) is 6.54 Å². The van der Waals surface area contributed by atoms with Crippen molar-refractivity contribution in [3.05, 3.63) is 17.0 Å². The van der Waals surface area contributed by atoms with Gasteiger partial charge in [-0.25, -0.2) is 0 Å². The van der Waals surface area contributed by atoms with Crippen molar-refractivity contribution in [2.75, 3.05) is 18.5 Å². The first-order chi connectivity index (χ1) is 7.05. The fourth-order valence-electron chi connectivity index (χ4n) is 1.87. The lowest BCUT2D eigenvalue weighted by Gasteiger charge is -2.22. The van der Waals surface area contributed by atoms with Crippen LogP contribution in [-0.4, -0.2) is 24.7 Å². The quantitative estimate of drug-likeness (QED) is 0.855. The SMILES string of the molecule is Cc1ccsc1N(C)CC1(C(=O)O)CC1. The summed E-state index contributed by atoms with van der Waals surface area (Å²) in [5, 5.41) is 12.3. The normalized spacial score (nSPS) is 17.5. The Labute approximate surface area is 93.3 Å². The van der Waals surface area contributed by atoms with Gasteiger partial charge in [-0.1, -0.05) is 0 Å². The van der Waals surface area contributed by atoms with Crippen LogP contribution in [0.4, 0.5) is 5.00 Å². The summed E-state index contributed by atoms with van der Waals surface area (Å²) in [4.78, 5) is 13.1. The highest BCUT2D eigenvalue weighted by molar-refractivity contribution is 7.14. The number of hydrogen-bond acceptors (Lipinski definition) is 3. The number of carboxylic acid groups (broad SMARTS) is 1. The van der Waals surface area contributed by atoms with E-state index in [0.717, 1.165) is 12.8 Å². The number of aryl methyl sites for hydroxylation is 1. The van der Waals surface area contributed by atoms with Gasteiger partial charge >= 0.3 is 5.97 Å². The van der Waals surface area contributed by atoms with Crippen molar-refractivity contribution >= 4 is 22.3 Å². The summed E-state index contributed by atoms with van der Waals surface area (Å²) in [5.41, 5.74) is 0.759. The molecular formula is C11H15NO2S. The van der Waals surface area contributed by atoms with Gasteiger partial charge in [0.25, 0.3) is 0 Å². The first-order valence-electron chi connectivity index (χ1n) is 5.04.